The van der Waals surface area contributed by atoms with E-state index in [9.17, 15) is 0 Å². The van der Waals surface area contributed by atoms with Crippen molar-refractivity contribution in [2.24, 2.45) is 0 Å². The van der Waals surface area contributed by atoms with Gasteiger partial charge in [-0.15, -0.1) is 0 Å². The fourth-order valence-corrected chi connectivity index (χ4v) is 3.38. The number of rotatable bonds is 14. The normalized spacial score (nSPS) is 12.5. The molecule has 0 aromatic heterocycles. The zero-order chi connectivity index (χ0) is 15.9. The van der Waals surface area contributed by atoms with Crippen LogP contribution >= 0.6 is 12.6 Å². The van der Waals surface area contributed by atoms with E-state index >= 15 is 0 Å². The monoisotopic (exact) mass is 320 g/mol. The van der Waals surface area contributed by atoms with E-state index in [0.717, 1.165) is 0 Å². The summed E-state index contributed by atoms with van der Waals surface area (Å²) in [4.78, 5) is 0. The summed E-state index contributed by atoms with van der Waals surface area (Å²) in [6.07, 6.45) is 18.2. The van der Waals surface area contributed by atoms with Gasteiger partial charge in [0.1, 0.15) is 0 Å². The molecule has 1 unspecified atom stereocenters. The largest absolute Gasteiger partial charge is 0.171 e. The summed E-state index contributed by atoms with van der Waals surface area (Å²) in [5.41, 5.74) is 1.37. The van der Waals surface area contributed by atoms with Crippen LogP contribution in [0.2, 0.25) is 0 Å². The van der Waals surface area contributed by atoms with Crippen molar-refractivity contribution in [3.8, 4) is 0 Å². The van der Waals surface area contributed by atoms with Crippen molar-refractivity contribution in [2.75, 3.05) is 0 Å². The van der Waals surface area contributed by atoms with Crippen LogP contribution in [-0.4, -0.2) is 0 Å². The fraction of sp³-hybridized carbons (Fsp3) is 0.714. The first-order valence-corrected chi connectivity index (χ1v) is 10.1. The first-order chi connectivity index (χ1) is 10.8. The first-order valence-electron chi connectivity index (χ1n) is 9.57. The lowest BCUT2D eigenvalue weighted by Gasteiger charge is -2.10. The molecule has 0 aliphatic rings. The van der Waals surface area contributed by atoms with Crippen molar-refractivity contribution < 1.29 is 0 Å². The van der Waals surface area contributed by atoms with Crippen LogP contribution in [0.4, 0.5) is 0 Å². The molecule has 1 aromatic carbocycles. The van der Waals surface area contributed by atoms with Crippen molar-refractivity contribution in [2.45, 2.75) is 95.6 Å². The highest BCUT2D eigenvalue weighted by Gasteiger charge is 2.04. The summed E-state index contributed by atoms with van der Waals surface area (Å²) in [7, 11) is 0. The zero-order valence-corrected chi connectivity index (χ0v) is 15.5. The summed E-state index contributed by atoms with van der Waals surface area (Å²) in [6, 6.07) is 10.7. The molecule has 0 bridgehead atoms. The maximum Gasteiger partial charge on any atom is 0.0267 e. The van der Waals surface area contributed by atoms with Gasteiger partial charge in [-0.2, -0.15) is 12.6 Å². The van der Waals surface area contributed by atoms with E-state index in [1.807, 2.05) is 0 Å². The van der Waals surface area contributed by atoms with Gasteiger partial charge in [-0.3, -0.25) is 0 Å². The zero-order valence-electron chi connectivity index (χ0n) is 14.6. The Labute approximate surface area is 144 Å². The van der Waals surface area contributed by atoms with Crippen LogP contribution in [0, 0.1) is 0 Å². The Morgan fingerprint density at radius 1 is 0.682 bits per heavy atom. The van der Waals surface area contributed by atoms with Crippen molar-refractivity contribution in [1.29, 1.82) is 0 Å². The molecule has 0 amide bonds. The van der Waals surface area contributed by atoms with Crippen LogP contribution in [0.1, 0.15) is 101 Å². The maximum atomic E-state index is 4.73. The van der Waals surface area contributed by atoms with Gasteiger partial charge in [0.25, 0.3) is 0 Å². The van der Waals surface area contributed by atoms with Crippen molar-refractivity contribution in [1.82, 2.24) is 0 Å². The average Bonchev–Trinajstić information content (AvgIpc) is 2.56. The summed E-state index contributed by atoms with van der Waals surface area (Å²) in [5.74, 6) is 0. The van der Waals surface area contributed by atoms with Crippen LogP contribution in [0.3, 0.4) is 0 Å². The molecule has 0 fully saturated rings. The Bertz CT molecular complexity index is 333. The van der Waals surface area contributed by atoms with Gasteiger partial charge in [0, 0.05) is 5.25 Å². The van der Waals surface area contributed by atoms with Crippen LogP contribution in [-0.2, 0) is 0 Å². The molecule has 1 rings (SSSR count). The van der Waals surface area contributed by atoms with Gasteiger partial charge >= 0.3 is 0 Å². The van der Waals surface area contributed by atoms with Crippen LogP contribution < -0.4 is 0 Å². The molecule has 0 radical (unpaired) electrons. The minimum Gasteiger partial charge on any atom is -0.171 e. The Balaban J connectivity index is 1.84. The van der Waals surface area contributed by atoms with E-state index in [1.54, 1.807) is 0 Å². The van der Waals surface area contributed by atoms with Gasteiger partial charge in [-0.05, 0) is 12.0 Å². The van der Waals surface area contributed by atoms with Gasteiger partial charge in [-0.25, -0.2) is 0 Å². The standard InChI is InChI=1S/C21H36S/c1-2-3-4-5-6-7-8-9-10-11-12-16-19-21(22)20-17-14-13-15-18-20/h13-15,17-18,21-22H,2-12,16,19H2,1H3. The summed E-state index contributed by atoms with van der Waals surface area (Å²) in [6.45, 7) is 2.29. The quantitative estimate of drug-likeness (QED) is 0.263. The van der Waals surface area contributed by atoms with Gasteiger partial charge in [-0.1, -0.05) is 114 Å². The Kier molecular flexibility index (Phi) is 12.6. The number of hydrogen-bond donors (Lipinski definition) is 1. The Morgan fingerprint density at radius 3 is 1.64 bits per heavy atom. The van der Waals surface area contributed by atoms with Crippen LogP contribution in [0.25, 0.3) is 0 Å². The predicted molar refractivity (Wildman–Crippen MR) is 104 cm³/mol. The molecule has 22 heavy (non-hydrogen) atoms. The third kappa shape index (κ3) is 10.3. The summed E-state index contributed by atoms with van der Waals surface area (Å²) in [5, 5.41) is 0.421. The molecule has 0 spiro atoms. The SMILES string of the molecule is CCCCCCCCCCCCCCC(S)c1ccccc1. The highest BCUT2D eigenvalue weighted by molar-refractivity contribution is 7.80. The molecule has 0 nitrogen and oxygen atoms in total. The molecule has 0 aliphatic heterocycles. The molecule has 0 saturated carbocycles. The second kappa shape index (κ2) is 14.2. The van der Waals surface area contributed by atoms with Crippen molar-refractivity contribution in [3.63, 3.8) is 0 Å². The lowest BCUT2D eigenvalue weighted by Crippen LogP contribution is -1.90. The summed E-state index contributed by atoms with van der Waals surface area (Å²) < 4.78 is 0. The van der Waals surface area contributed by atoms with E-state index in [4.69, 9.17) is 12.6 Å². The van der Waals surface area contributed by atoms with E-state index in [-0.39, 0.29) is 0 Å². The van der Waals surface area contributed by atoms with Gasteiger partial charge in [0.05, 0.1) is 0 Å². The van der Waals surface area contributed by atoms with E-state index in [0.29, 0.717) is 5.25 Å². The first kappa shape index (κ1) is 19.6. The number of unbranched alkanes of at least 4 members (excludes halogenated alkanes) is 11. The van der Waals surface area contributed by atoms with Crippen LogP contribution in [0.5, 0.6) is 0 Å². The molecule has 1 atom stereocenters. The fourth-order valence-electron chi connectivity index (χ4n) is 3.02. The molecule has 126 valence electrons. The molecular weight excluding hydrogens is 284 g/mol. The predicted octanol–water partition coefficient (Wildman–Crippen LogP) is 7.75. The summed E-state index contributed by atoms with van der Waals surface area (Å²) >= 11 is 4.73. The lowest BCUT2D eigenvalue weighted by molar-refractivity contribution is 0.539. The molecule has 1 heteroatoms. The number of benzene rings is 1. The molecule has 0 heterocycles. The van der Waals surface area contributed by atoms with Gasteiger partial charge in [0.2, 0.25) is 0 Å². The van der Waals surface area contributed by atoms with Crippen LogP contribution in [0.15, 0.2) is 30.3 Å². The molecule has 0 N–H and O–H groups in total. The van der Waals surface area contributed by atoms with Crippen molar-refractivity contribution in [3.05, 3.63) is 35.9 Å². The van der Waals surface area contributed by atoms with Crippen molar-refractivity contribution >= 4 is 12.6 Å². The van der Waals surface area contributed by atoms with E-state index in [2.05, 4.69) is 37.3 Å². The van der Waals surface area contributed by atoms with Gasteiger partial charge in [0.15, 0.2) is 0 Å². The Morgan fingerprint density at radius 2 is 1.14 bits per heavy atom. The highest BCUT2D eigenvalue weighted by Crippen LogP contribution is 2.26. The molecular formula is C21H36S. The number of thiol groups is 1. The van der Waals surface area contributed by atoms with E-state index < -0.39 is 0 Å². The highest BCUT2D eigenvalue weighted by atomic mass is 32.1. The second-order valence-corrected chi connectivity index (χ2v) is 7.23. The minimum absolute atomic E-state index is 0.421. The average molecular weight is 321 g/mol. The Hall–Kier alpha value is -0.430. The molecule has 0 aliphatic carbocycles. The van der Waals surface area contributed by atoms with E-state index in [1.165, 1.54) is 89.0 Å². The molecule has 0 saturated heterocycles. The maximum absolute atomic E-state index is 4.73. The minimum atomic E-state index is 0.421. The topological polar surface area (TPSA) is 0 Å². The van der Waals surface area contributed by atoms with Gasteiger partial charge < -0.3 is 0 Å². The smallest absolute Gasteiger partial charge is 0.0267 e. The second-order valence-electron chi connectivity index (χ2n) is 6.60. The third-order valence-corrected chi connectivity index (χ3v) is 5.07. The molecule has 1 aromatic rings. The lowest BCUT2D eigenvalue weighted by atomic mass is 10.0. The third-order valence-electron chi connectivity index (χ3n) is 4.52. The number of hydrogen-bond acceptors (Lipinski definition) is 1.